The predicted octanol–water partition coefficient (Wildman–Crippen LogP) is 4.06. The van der Waals surface area contributed by atoms with Gasteiger partial charge >= 0.3 is 0 Å². The molecule has 2 rings (SSSR count). The molecule has 0 saturated carbocycles. The number of thiocarbonyl (C=S) groups is 1. The molecule has 0 aliphatic carbocycles. The number of rotatable bonds is 6. The fourth-order valence-corrected chi connectivity index (χ4v) is 2.24. The van der Waals surface area contributed by atoms with Crippen molar-refractivity contribution in [2.45, 2.75) is 12.8 Å². The first kappa shape index (κ1) is 17.2. The number of nitrogens with one attached hydrogen (secondary N) is 1. The number of hydrogen-bond acceptors (Lipinski definition) is 3. The van der Waals surface area contributed by atoms with Crippen molar-refractivity contribution < 1.29 is 9.57 Å². The summed E-state index contributed by atoms with van der Waals surface area (Å²) >= 11 is 5.22. The second-order valence-corrected chi connectivity index (χ2v) is 5.65. The molecule has 0 aliphatic rings. The van der Waals surface area contributed by atoms with E-state index >= 15 is 0 Å². The normalized spacial score (nSPS) is 11.6. The highest BCUT2D eigenvalue weighted by molar-refractivity contribution is 7.80. The number of hydroxylamine groups is 2. The van der Waals surface area contributed by atoms with E-state index < -0.39 is 0 Å². The fourth-order valence-electron chi connectivity index (χ4n) is 2.05. The number of nitrogens with zero attached hydrogens (tertiary/aromatic N) is 1. The Hall–Kier alpha value is -2.11. The summed E-state index contributed by atoms with van der Waals surface area (Å²) in [7, 11) is 3.32. The van der Waals surface area contributed by atoms with Gasteiger partial charge < -0.3 is 10.1 Å². The molecule has 0 heterocycles. The van der Waals surface area contributed by atoms with E-state index in [1.165, 1.54) is 10.6 Å². The number of ether oxygens (including phenoxy) is 1. The van der Waals surface area contributed by atoms with Gasteiger partial charge in [-0.15, -0.1) is 0 Å². The van der Waals surface area contributed by atoms with Crippen LogP contribution in [0.25, 0.3) is 0 Å². The zero-order valence-electron chi connectivity index (χ0n) is 13.7. The lowest BCUT2D eigenvalue weighted by atomic mass is 10.0. The van der Waals surface area contributed by atoms with Crippen LogP contribution in [0.1, 0.15) is 18.4 Å². The van der Waals surface area contributed by atoms with Crippen molar-refractivity contribution in [3.63, 3.8) is 0 Å². The lowest BCUT2D eigenvalue weighted by molar-refractivity contribution is -0.0391. The van der Waals surface area contributed by atoms with Gasteiger partial charge in [0.2, 0.25) is 0 Å². The van der Waals surface area contributed by atoms with Crippen LogP contribution in [-0.4, -0.2) is 30.9 Å². The van der Waals surface area contributed by atoms with E-state index in [1.807, 2.05) is 42.5 Å². The van der Waals surface area contributed by atoms with Crippen molar-refractivity contribution in [3.05, 3.63) is 60.2 Å². The predicted molar refractivity (Wildman–Crippen MR) is 97.8 cm³/mol. The average molecular weight is 330 g/mol. The molecule has 5 heteroatoms. The van der Waals surface area contributed by atoms with Crippen LogP contribution in [0.4, 0.5) is 5.69 Å². The molecule has 0 amide bonds. The molecule has 4 nitrogen and oxygen atoms in total. The third-order valence-electron chi connectivity index (χ3n) is 3.51. The van der Waals surface area contributed by atoms with Gasteiger partial charge in [0.05, 0.1) is 13.7 Å². The first-order chi connectivity index (χ1) is 11.1. The Morgan fingerprint density at radius 2 is 1.91 bits per heavy atom. The van der Waals surface area contributed by atoms with Crippen LogP contribution in [0.15, 0.2) is 54.6 Å². The van der Waals surface area contributed by atoms with Crippen LogP contribution < -0.4 is 10.1 Å². The maximum atomic E-state index is 5.90. The van der Waals surface area contributed by atoms with Crippen LogP contribution in [-0.2, 0) is 4.84 Å². The van der Waals surface area contributed by atoms with Crippen molar-refractivity contribution in [2.75, 3.05) is 26.1 Å². The van der Waals surface area contributed by atoms with Crippen molar-refractivity contribution in [2.24, 2.45) is 0 Å². The number of benzene rings is 2. The molecule has 0 spiro atoms. The van der Waals surface area contributed by atoms with Crippen LogP contribution >= 0.6 is 12.2 Å². The second-order valence-electron chi connectivity index (χ2n) is 5.26. The largest absolute Gasteiger partial charge is 0.493 e. The Morgan fingerprint density at radius 3 is 2.61 bits per heavy atom. The summed E-state index contributed by atoms with van der Waals surface area (Å²) in [6, 6.07) is 18.1. The monoisotopic (exact) mass is 330 g/mol. The molecule has 2 aromatic rings. The van der Waals surface area contributed by atoms with Gasteiger partial charge in [0.15, 0.2) is 5.11 Å². The van der Waals surface area contributed by atoms with E-state index in [0.717, 1.165) is 11.4 Å². The molecule has 0 aliphatic heterocycles. The van der Waals surface area contributed by atoms with E-state index in [2.05, 4.69) is 24.4 Å². The molecule has 122 valence electrons. The smallest absolute Gasteiger partial charge is 0.197 e. The minimum Gasteiger partial charge on any atom is -0.493 e. The summed E-state index contributed by atoms with van der Waals surface area (Å²) in [6.07, 6.45) is 0. The summed E-state index contributed by atoms with van der Waals surface area (Å²) in [5.41, 5.74) is 2.13. The molecule has 0 bridgehead atoms. The molecule has 23 heavy (non-hydrogen) atoms. The molecule has 0 fully saturated rings. The molecule has 0 aromatic heterocycles. The van der Waals surface area contributed by atoms with Crippen molar-refractivity contribution >= 4 is 23.0 Å². The lowest BCUT2D eigenvalue weighted by Crippen LogP contribution is -2.29. The second kappa shape index (κ2) is 8.50. The minimum absolute atomic E-state index is 0.327. The Balaban J connectivity index is 1.93. The van der Waals surface area contributed by atoms with Gasteiger partial charge in [0, 0.05) is 24.7 Å². The van der Waals surface area contributed by atoms with Crippen LogP contribution in [0.5, 0.6) is 5.75 Å². The topological polar surface area (TPSA) is 33.7 Å². The number of anilines is 1. The maximum absolute atomic E-state index is 5.90. The fraction of sp³-hybridized carbons (Fsp3) is 0.278. The van der Waals surface area contributed by atoms with Gasteiger partial charge in [0.1, 0.15) is 5.75 Å². The molecule has 1 atom stereocenters. The van der Waals surface area contributed by atoms with E-state index in [0.29, 0.717) is 17.6 Å². The van der Waals surface area contributed by atoms with Crippen LogP contribution in [0.2, 0.25) is 0 Å². The summed E-state index contributed by atoms with van der Waals surface area (Å²) in [5, 5.41) is 5.08. The van der Waals surface area contributed by atoms with E-state index in [4.69, 9.17) is 21.8 Å². The molecular formula is C18H22N2O2S. The van der Waals surface area contributed by atoms with Gasteiger partial charge in [-0.05, 0) is 29.9 Å². The summed E-state index contributed by atoms with van der Waals surface area (Å²) in [6.45, 7) is 2.77. The summed E-state index contributed by atoms with van der Waals surface area (Å²) in [4.78, 5) is 5.04. The molecule has 1 N–H and O–H groups in total. The molecule has 2 aromatic carbocycles. The minimum atomic E-state index is 0.327. The van der Waals surface area contributed by atoms with Crippen molar-refractivity contribution in [1.82, 2.24) is 5.06 Å². The van der Waals surface area contributed by atoms with Gasteiger partial charge in [-0.2, -0.15) is 0 Å². The van der Waals surface area contributed by atoms with Gasteiger partial charge in [-0.25, -0.2) is 5.06 Å². The first-order valence-corrected chi connectivity index (χ1v) is 7.87. The highest BCUT2D eigenvalue weighted by Crippen LogP contribution is 2.21. The lowest BCUT2D eigenvalue weighted by Gasteiger charge is -2.18. The van der Waals surface area contributed by atoms with E-state index in [-0.39, 0.29) is 0 Å². The summed E-state index contributed by atoms with van der Waals surface area (Å²) < 4.78 is 5.90. The first-order valence-electron chi connectivity index (χ1n) is 7.46. The van der Waals surface area contributed by atoms with E-state index in [9.17, 15) is 0 Å². The molecule has 0 radical (unpaired) electrons. The summed E-state index contributed by atoms with van der Waals surface area (Å²) in [5.74, 6) is 1.13. The van der Waals surface area contributed by atoms with Crippen molar-refractivity contribution in [3.8, 4) is 5.75 Å². The van der Waals surface area contributed by atoms with Gasteiger partial charge in [-0.1, -0.05) is 43.3 Å². The Kier molecular flexibility index (Phi) is 6.38. The van der Waals surface area contributed by atoms with Crippen molar-refractivity contribution in [1.29, 1.82) is 0 Å². The standard InChI is InChI=1S/C18H22N2O2S/c1-14(15-8-5-4-6-9-15)13-22-17-11-7-10-16(12-17)19-18(23)20(2)21-3/h4-12,14H,13H2,1-3H3,(H,19,23). The van der Waals surface area contributed by atoms with Gasteiger partial charge in [0.25, 0.3) is 0 Å². The maximum Gasteiger partial charge on any atom is 0.197 e. The SMILES string of the molecule is CON(C)C(=S)Nc1cccc(OCC(C)c2ccccc2)c1. The Morgan fingerprint density at radius 1 is 1.17 bits per heavy atom. The zero-order valence-corrected chi connectivity index (χ0v) is 14.5. The molecule has 0 saturated heterocycles. The average Bonchev–Trinajstić information content (AvgIpc) is 2.60. The molecule has 1 unspecified atom stereocenters. The Bertz CT molecular complexity index is 634. The third-order valence-corrected chi connectivity index (χ3v) is 3.87. The van der Waals surface area contributed by atoms with Gasteiger partial charge in [-0.3, -0.25) is 4.84 Å². The quantitative estimate of drug-likeness (QED) is 0.638. The number of hydrogen-bond donors (Lipinski definition) is 1. The Labute approximate surface area is 143 Å². The molecular weight excluding hydrogens is 308 g/mol. The van der Waals surface area contributed by atoms with E-state index in [1.54, 1.807) is 14.2 Å². The van der Waals surface area contributed by atoms with Crippen LogP contribution in [0, 0.1) is 0 Å². The highest BCUT2D eigenvalue weighted by Gasteiger charge is 2.07. The third kappa shape index (κ3) is 5.23. The highest BCUT2D eigenvalue weighted by atomic mass is 32.1. The zero-order chi connectivity index (χ0) is 16.7. The van der Waals surface area contributed by atoms with Crippen LogP contribution in [0.3, 0.4) is 0 Å².